The Balaban J connectivity index is 2.06. The molecule has 0 atom stereocenters. The molecule has 0 unspecified atom stereocenters. The van der Waals surface area contributed by atoms with E-state index >= 15 is 0 Å². The van der Waals surface area contributed by atoms with Gasteiger partial charge in [0.2, 0.25) is 5.95 Å². The van der Waals surface area contributed by atoms with Crippen LogP contribution >= 0.6 is 0 Å². The predicted octanol–water partition coefficient (Wildman–Crippen LogP) is 2.71. The Labute approximate surface area is 98.0 Å². The fourth-order valence-electron chi connectivity index (χ4n) is 1.75. The van der Waals surface area contributed by atoms with Gasteiger partial charge in [0.25, 0.3) is 0 Å². The number of H-pyrrole nitrogens is 1. The summed E-state index contributed by atoms with van der Waals surface area (Å²) in [6.45, 7) is 0. The minimum atomic E-state index is 0.512. The molecule has 2 aromatic carbocycles. The van der Waals surface area contributed by atoms with E-state index in [9.17, 15) is 0 Å². The first-order valence-corrected chi connectivity index (χ1v) is 5.31. The van der Waals surface area contributed by atoms with Gasteiger partial charge in [0.1, 0.15) is 6.33 Å². The second kappa shape index (κ2) is 4.17. The summed E-state index contributed by atoms with van der Waals surface area (Å²) < 4.78 is 0. The maximum Gasteiger partial charge on any atom is 0.245 e. The highest BCUT2D eigenvalue weighted by atomic mass is 15.2. The maximum absolute atomic E-state index is 4.23. The van der Waals surface area contributed by atoms with Crippen LogP contribution in [0, 0.1) is 0 Å². The molecule has 0 spiro atoms. The number of nitrogens with zero attached hydrogens (tertiary/aromatic N) is 3. The van der Waals surface area contributed by atoms with E-state index < -0.39 is 0 Å². The molecule has 0 aliphatic rings. The number of rotatable bonds is 2. The average Bonchev–Trinajstić information content (AvgIpc) is 2.89. The number of hydrogen-bond donors (Lipinski definition) is 1. The molecule has 17 heavy (non-hydrogen) atoms. The van der Waals surface area contributed by atoms with Crippen LogP contribution in [-0.2, 0) is 0 Å². The second-order valence-electron chi connectivity index (χ2n) is 3.64. The van der Waals surface area contributed by atoms with Crippen molar-refractivity contribution in [1.82, 2.24) is 15.2 Å². The number of hydrogen-bond acceptors (Lipinski definition) is 3. The molecule has 3 aromatic rings. The quantitative estimate of drug-likeness (QED) is 0.678. The van der Waals surface area contributed by atoms with Crippen molar-refractivity contribution < 1.29 is 0 Å². The highest BCUT2D eigenvalue weighted by molar-refractivity contribution is 6.00. The van der Waals surface area contributed by atoms with Gasteiger partial charge < -0.3 is 0 Å². The summed E-state index contributed by atoms with van der Waals surface area (Å²) in [6, 6.07) is 14.3. The molecule has 0 fully saturated rings. The third-order valence-corrected chi connectivity index (χ3v) is 2.55. The van der Waals surface area contributed by atoms with E-state index in [-0.39, 0.29) is 0 Å². The van der Waals surface area contributed by atoms with Crippen molar-refractivity contribution in [1.29, 1.82) is 0 Å². The van der Waals surface area contributed by atoms with Crippen LogP contribution in [0.3, 0.4) is 0 Å². The lowest BCUT2D eigenvalue weighted by atomic mass is 10.1. The van der Waals surface area contributed by atoms with E-state index in [1.165, 1.54) is 17.1 Å². The number of aromatic amines is 1. The monoisotopic (exact) mass is 222 g/mol. The van der Waals surface area contributed by atoms with E-state index in [0.29, 0.717) is 5.95 Å². The molecular weight excluding hydrogens is 212 g/mol. The minimum absolute atomic E-state index is 0.512. The Morgan fingerprint density at radius 3 is 2.82 bits per heavy atom. The highest BCUT2D eigenvalue weighted by Crippen LogP contribution is 2.17. The van der Waals surface area contributed by atoms with Crippen molar-refractivity contribution in [2.24, 2.45) is 4.99 Å². The third kappa shape index (κ3) is 1.92. The van der Waals surface area contributed by atoms with E-state index in [2.05, 4.69) is 38.4 Å². The Morgan fingerprint density at radius 2 is 1.94 bits per heavy atom. The summed E-state index contributed by atoms with van der Waals surface area (Å²) in [6.07, 6.45) is 3.23. The summed E-state index contributed by atoms with van der Waals surface area (Å²) in [5.74, 6) is 0.512. The summed E-state index contributed by atoms with van der Waals surface area (Å²) in [5, 5.41) is 8.83. The fraction of sp³-hybridized carbons (Fsp3) is 0. The van der Waals surface area contributed by atoms with E-state index in [1.807, 2.05) is 24.3 Å². The van der Waals surface area contributed by atoms with Gasteiger partial charge in [-0.05, 0) is 10.8 Å². The molecule has 1 heterocycles. The van der Waals surface area contributed by atoms with Crippen molar-refractivity contribution in [3.05, 3.63) is 54.4 Å². The van der Waals surface area contributed by atoms with E-state index in [1.54, 1.807) is 6.21 Å². The topological polar surface area (TPSA) is 53.9 Å². The predicted molar refractivity (Wildman–Crippen MR) is 67.6 cm³/mol. The first-order chi connectivity index (χ1) is 8.43. The van der Waals surface area contributed by atoms with Crippen molar-refractivity contribution in [2.75, 3.05) is 0 Å². The molecule has 1 aromatic heterocycles. The van der Waals surface area contributed by atoms with Gasteiger partial charge in [0.15, 0.2) is 0 Å². The smallest absolute Gasteiger partial charge is 0.244 e. The largest absolute Gasteiger partial charge is 0.245 e. The van der Waals surface area contributed by atoms with Crippen molar-refractivity contribution in [3.8, 4) is 0 Å². The SMILES string of the molecule is C(=N/c1ncn[nH]1)/c1cccc2ccccc12. The average molecular weight is 222 g/mol. The Kier molecular flexibility index (Phi) is 2.38. The van der Waals surface area contributed by atoms with Crippen LogP contribution in [0.25, 0.3) is 10.8 Å². The third-order valence-electron chi connectivity index (χ3n) is 2.55. The zero-order chi connectivity index (χ0) is 11.5. The van der Waals surface area contributed by atoms with Gasteiger partial charge >= 0.3 is 0 Å². The molecule has 0 saturated heterocycles. The standard InChI is InChI=1S/C13H10N4/c1-2-7-12-10(4-1)5-3-6-11(12)8-14-13-15-9-16-17-13/h1-9H,(H,15,16,17)/b14-8-. The van der Waals surface area contributed by atoms with Crippen LogP contribution in [0.2, 0.25) is 0 Å². The van der Waals surface area contributed by atoms with Gasteiger partial charge in [-0.2, -0.15) is 10.1 Å². The van der Waals surface area contributed by atoms with Crippen LogP contribution in [0.4, 0.5) is 5.95 Å². The van der Waals surface area contributed by atoms with Crippen LogP contribution in [0.15, 0.2) is 53.8 Å². The first kappa shape index (κ1) is 9.72. The molecule has 0 aliphatic heterocycles. The van der Waals surface area contributed by atoms with Gasteiger partial charge in [0, 0.05) is 11.8 Å². The second-order valence-corrected chi connectivity index (χ2v) is 3.64. The Hall–Kier alpha value is -2.49. The van der Waals surface area contributed by atoms with Gasteiger partial charge in [0.05, 0.1) is 0 Å². The maximum atomic E-state index is 4.23. The number of nitrogens with one attached hydrogen (secondary N) is 1. The van der Waals surface area contributed by atoms with Crippen molar-refractivity contribution in [3.63, 3.8) is 0 Å². The van der Waals surface area contributed by atoms with Gasteiger partial charge in [-0.1, -0.05) is 42.5 Å². The molecule has 1 N–H and O–H groups in total. The molecule has 82 valence electrons. The molecule has 0 bridgehead atoms. The number of aliphatic imine (C=N–C) groups is 1. The zero-order valence-electron chi connectivity index (χ0n) is 9.04. The summed E-state index contributed by atoms with van der Waals surface area (Å²) in [7, 11) is 0. The van der Waals surface area contributed by atoms with Gasteiger partial charge in [-0.15, -0.1) is 0 Å². The van der Waals surface area contributed by atoms with Crippen LogP contribution in [0.5, 0.6) is 0 Å². The van der Waals surface area contributed by atoms with Crippen LogP contribution in [0.1, 0.15) is 5.56 Å². The lowest BCUT2D eigenvalue weighted by Crippen LogP contribution is -1.83. The summed E-state index contributed by atoms with van der Waals surface area (Å²) in [5.41, 5.74) is 1.07. The van der Waals surface area contributed by atoms with E-state index in [4.69, 9.17) is 0 Å². The van der Waals surface area contributed by atoms with Crippen molar-refractivity contribution in [2.45, 2.75) is 0 Å². The van der Waals surface area contributed by atoms with Gasteiger partial charge in [-0.3, -0.25) is 0 Å². The minimum Gasteiger partial charge on any atom is -0.244 e. The lowest BCUT2D eigenvalue weighted by Gasteiger charge is -2.00. The Morgan fingerprint density at radius 1 is 1.06 bits per heavy atom. The van der Waals surface area contributed by atoms with Gasteiger partial charge in [-0.25, -0.2) is 10.1 Å². The van der Waals surface area contributed by atoms with E-state index in [0.717, 1.165) is 5.56 Å². The first-order valence-electron chi connectivity index (χ1n) is 5.31. The fourth-order valence-corrected chi connectivity index (χ4v) is 1.75. The molecule has 3 rings (SSSR count). The highest BCUT2D eigenvalue weighted by Gasteiger charge is 1.97. The lowest BCUT2D eigenvalue weighted by molar-refractivity contribution is 1.08. The molecule has 0 saturated carbocycles. The van der Waals surface area contributed by atoms with Crippen LogP contribution < -0.4 is 0 Å². The number of fused-ring (bicyclic) bond motifs is 1. The van der Waals surface area contributed by atoms with Crippen LogP contribution in [-0.4, -0.2) is 21.4 Å². The normalized spacial score (nSPS) is 11.3. The summed E-state index contributed by atoms with van der Waals surface area (Å²) in [4.78, 5) is 8.18. The number of aromatic nitrogens is 3. The van der Waals surface area contributed by atoms with Crippen molar-refractivity contribution >= 4 is 22.9 Å². The zero-order valence-corrected chi connectivity index (χ0v) is 9.04. The molecule has 0 radical (unpaired) electrons. The molecule has 4 nitrogen and oxygen atoms in total. The molecular formula is C13H10N4. The Bertz CT molecular complexity index is 651. The number of benzene rings is 2. The molecule has 0 aliphatic carbocycles. The molecule has 4 heteroatoms. The molecule has 0 amide bonds. The summed E-state index contributed by atoms with van der Waals surface area (Å²) >= 11 is 0.